The van der Waals surface area contributed by atoms with Crippen LogP contribution in [0.3, 0.4) is 0 Å². The molecule has 0 aromatic heterocycles. The Kier molecular flexibility index (Phi) is 9.15. The van der Waals surface area contributed by atoms with E-state index in [0.29, 0.717) is 47.6 Å². The summed E-state index contributed by atoms with van der Waals surface area (Å²) in [5.74, 6) is -1.12. The molecule has 0 aliphatic carbocycles. The third-order valence-electron chi connectivity index (χ3n) is 7.35. The van der Waals surface area contributed by atoms with E-state index >= 15 is 0 Å². The Bertz CT molecular complexity index is 1410. The van der Waals surface area contributed by atoms with Gasteiger partial charge < -0.3 is 19.3 Å². The molecule has 41 heavy (non-hydrogen) atoms. The number of hydrogen-bond acceptors (Lipinski definition) is 8. The molecule has 0 N–H and O–H groups in total. The van der Waals surface area contributed by atoms with Crippen molar-refractivity contribution in [3.05, 3.63) is 93.1 Å². The Labute approximate surface area is 249 Å². The third-order valence-corrected chi connectivity index (χ3v) is 8.49. The summed E-state index contributed by atoms with van der Waals surface area (Å²) >= 11 is 7.63. The lowest BCUT2D eigenvalue weighted by molar-refractivity contribution is -0.151. The molecule has 0 spiro atoms. The largest absolute Gasteiger partial charge is 0.466 e. The molecular weight excluding hydrogens is 562 g/mol. The molecule has 1 amide bonds. The molecule has 5 rings (SSSR count). The van der Waals surface area contributed by atoms with Crippen LogP contribution in [0.1, 0.15) is 50.3 Å². The minimum Gasteiger partial charge on any atom is -0.466 e. The van der Waals surface area contributed by atoms with Crippen LogP contribution in [0.15, 0.2) is 82.0 Å². The van der Waals surface area contributed by atoms with Crippen LogP contribution in [0.2, 0.25) is 5.02 Å². The maximum Gasteiger partial charge on any atom is 0.338 e. The second-order valence-corrected chi connectivity index (χ2v) is 11.4. The van der Waals surface area contributed by atoms with Crippen LogP contribution < -0.4 is 0 Å². The predicted molar refractivity (Wildman–Crippen MR) is 159 cm³/mol. The molecular formula is C31H32ClN3O5S. The molecule has 8 nitrogen and oxygen atoms in total. The van der Waals surface area contributed by atoms with E-state index in [-0.39, 0.29) is 30.8 Å². The number of halogens is 1. The number of amidine groups is 1. The average Bonchev–Trinajstić information content (AvgIpc) is 3.38. The number of carbonyl (C=O) groups is 3. The molecule has 2 unspecified atom stereocenters. The first-order chi connectivity index (χ1) is 19.9. The summed E-state index contributed by atoms with van der Waals surface area (Å²) in [5, 5.41) is 3.18. The van der Waals surface area contributed by atoms with Crippen molar-refractivity contribution in [3.8, 4) is 0 Å². The van der Waals surface area contributed by atoms with Crippen LogP contribution >= 0.6 is 23.4 Å². The standard InChI is InChI=1S/C31H32ClN3O5S/c1-3-39-29(37)23-10-7-15-34(17-23)26(36)16-25-19-41-31-33-20(2)27(30(38)40-18-21-8-5-4-6-9-21)28(35(25)31)22-11-13-24(32)14-12-22/h4-6,8-9,11-14,19,23,28H,3,7,10,15-18H2,1-2H3. The summed E-state index contributed by atoms with van der Waals surface area (Å²) in [5.41, 5.74) is 3.42. The van der Waals surface area contributed by atoms with Gasteiger partial charge in [-0.2, -0.15) is 0 Å². The number of amides is 1. The number of nitrogens with zero attached hydrogens (tertiary/aromatic N) is 3. The van der Waals surface area contributed by atoms with Gasteiger partial charge in [0.25, 0.3) is 0 Å². The minimum atomic E-state index is -0.550. The number of rotatable bonds is 8. The first kappa shape index (κ1) is 29.0. The Morgan fingerprint density at radius 3 is 2.56 bits per heavy atom. The number of ether oxygens (including phenoxy) is 2. The molecule has 3 aliphatic heterocycles. The smallest absolute Gasteiger partial charge is 0.338 e. The fourth-order valence-corrected chi connectivity index (χ4v) is 6.41. The summed E-state index contributed by atoms with van der Waals surface area (Å²) in [6.45, 7) is 4.97. The fraction of sp³-hybridized carbons (Fsp3) is 0.355. The number of hydrogen-bond donors (Lipinski definition) is 0. The van der Waals surface area contributed by atoms with E-state index < -0.39 is 12.0 Å². The van der Waals surface area contributed by atoms with Crippen molar-refractivity contribution in [2.45, 2.75) is 45.8 Å². The zero-order valence-electron chi connectivity index (χ0n) is 23.0. The molecule has 0 bridgehead atoms. The lowest BCUT2D eigenvalue weighted by Crippen LogP contribution is -2.44. The van der Waals surface area contributed by atoms with Crippen molar-refractivity contribution in [1.82, 2.24) is 9.80 Å². The van der Waals surface area contributed by atoms with Gasteiger partial charge in [-0.1, -0.05) is 65.8 Å². The highest BCUT2D eigenvalue weighted by Gasteiger charge is 2.42. The number of esters is 2. The summed E-state index contributed by atoms with van der Waals surface area (Å²) in [7, 11) is 0. The normalized spacial score (nSPS) is 20.3. The van der Waals surface area contributed by atoms with Crippen molar-refractivity contribution in [2.75, 3.05) is 19.7 Å². The number of allylic oxidation sites excluding steroid dienone is 1. The number of fused-ring (bicyclic) bond motifs is 1. The second-order valence-electron chi connectivity index (χ2n) is 10.1. The molecule has 0 radical (unpaired) electrons. The van der Waals surface area contributed by atoms with Gasteiger partial charge in [0.15, 0.2) is 5.17 Å². The highest BCUT2D eigenvalue weighted by atomic mass is 35.5. The van der Waals surface area contributed by atoms with Gasteiger partial charge in [-0.3, -0.25) is 9.59 Å². The predicted octanol–water partition coefficient (Wildman–Crippen LogP) is 5.85. The van der Waals surface area contributed by atoms with Crippen LogP contribution in [0.4, 0.5) is 0 Å². The fourth-order valence-electron chi connectivity index (χ4n) is 5.32. The van der Waals surface area contributed by atoms with E-state index in [1.807, 2.05) is 52.8 Å². The number of carbonyl (C=O) groups excluding carboxylic acids is 3. The van der Waals surface area contributed by atoms with E-state index in [0.717, 1.165) is 23.2 Å². The van der Waals surface area contributed by atoms with E-state index in [2.05, 4.69) is 0 Å². The lowest BCUT2D eigenvalue weighted by atomic mass is 9.93. The van der Waals surface area contributed by atoms with Gasteiger partial charge in [0, 0.05) is 23.8 Å². The van der Waals surface area contributed by atoms with Gasteiger partial charge in [-0.25, -0.2) is 9.79 Å². The van der Waals surface area contributed by atoms with Crippen molar-refractivity contribution in [2.24, 2.45) is 10.9 Å². The van der Waals surface area contributed by atoms with Gasteiger partial charge in [0.05, 0.1) is 36.3 Å². The SMILES string of the molecule is CCOC(=O)C1CCCN(C(=O)CC2=CSC3=NC(C)=C(C(=O)OCc4ccccc4)C(c4ccc(Cl)cc4)N23)C1. The molecule has 0 saturated carbocycles. The Hall–Kier alpha value is -3.56. The molecule has 2 aromatic carbocycles. The summed E-state index contributed by atoms with van der Waals surface area (Å²) < 4.78 is 11.0. The molecule has 10 heteroatoms. The van der Waals surface area contributed by atoms with E-state index in [4.69, 9.17) is 26.1 Å². The maximum absolute atomic E-state index is 13.6. The summed E-state index contributed by atoms with van der Waals surface area (Å²) in [6.07, 6.45) is 1.56. The van der Waals surface area contributed by atoms with E-state index in [9.17, 15) is 14.4 Å². The maximum atomic E-state index is 13.6. The number of piperidine rings is 1. The van der Waals surface area contributed by atoms with Gasteiger partial charge in [-0.15, -0.1) is 0 Å². The number of thioether (sulfide) groups is 1. The highest BCUT2D eigenvalue weighted by Crippen LogP contribution is 2.45. The first-order valence-electron chi connectivity index (χ1n) is 13.7. The Morgan fingerprint density at radius 1 is 1.07 bits per heavy atom. The molecule has 1 fully saturated rings. The van der Waals surface area contributed by atoms with Crippen LogP contribution in [0, 0.1) is 5.92 Å². The lowest BCUT2D eigenvalue weighted by Gasteiger charge is -2.37. The van der Waals surface area contributed by atoms with E-state index in [1.165, 1.54) is 11.8 Å². The second kappa shape index (κ2) is 13.0. The van der Waals surface area contributed by atoms with Crippen molar-refractivity contribution < 1.29 is 23.9 Å². The third kappa shape index (κ3) is 6.52. The van der Waals surface area contributed by atoms with Gasteiger partial charge in [0.1, 0.15) is 6.61 Å². The molecule has 1 saturated heterocycles. The first-order valence-corrected chi connectivity index (χ1v) is 15.0. The number of benzene rings is 2. The molecule has 2 atom stereocenters. The van der Waals surface area contributed by atoms with Crippen molar-refractivity contribution >= 4 is 46.4 Å². The zero-order chi connectivity index (χ0) is 28.9. The van der Waals surface area contributed by atoms with Gasteiger partial charge >= 0.3 is 11.9 Å². The Morgan fingerprint density at radius 2 is 1.83 bits per heavy atom. The monoisotopic (exact) mass is 593 g/mol. The van der Waals surface area contributed by atoms with Crippen molar-refractivity contribution in [1.29, 1.82) is 0 Å². The minimum absolute atomic E-state index is 0.0820. The van der Waals surface area contributed by atoms with Crippen LogP contribution in [-0.4, -0.2) is 52.5 Å². The van der Waals surface area contributed by atoms with Gasteiger partial charge in [-0.05, 0) is 55.4 Å². The van der Waals surface area contributed by atoms with E-state index in [1.54, 1.807) is 30.9 Å². The van der Waals surface area contributed by atoms with Crippen LogP contribution in [-0.2, 0) is 30.5 Å². The zero-order valence-corrected chi connectivity index (χ0v) is 24.6. The summed E-state index contributed by atoms with van der Waals surface area (Å²) in [4.78, 5) is 47.9. The molecule has 3 aliphatic rings. The quantitative estimate of drug-likeness (QED) is 0.355. The topological polar surface area (TPSA) is 88.5 Å². The molecule has 214 valence electrons. The average molecular weight is 594 g/mol. The molecule has 2 aromatic rings. The van der Waals surface area contributed by atoms with Gasteiger partial charge in [0.2, 0.25) is 5.91 Å². The van der Waals surface area contributed by atoms with Crippen molar-refractivity contribution in [3.63, 3.8) is 0 Å². The summed E-state index contributed by atoms with van der Waals surface area (Å²) in [6, 6.07) is 16.3. The Balaban J connectivity index is 1.39. The number of aliphatic imine (C=N–C) groups is 1. The van der Waals surface area contributed by atoms with Crippen LogP contribution in [0.25, 0.3) is 0 Å². The number of likely N-dealkylation sites (tertiary alicyclic amines) is 1. The highest BCUT2D eigenvalue weighted by molar-refractivity contribution is 8.16. The van der Waals surface area contributed by atoms with Crippen LogP contribution in [0.5, 0.6) is 0 Å². The molecule has 3 heterocycles.